The van der Waals surface area contributed by atoms with Crippen LogP contribution in [0.25, 0.3) is 0 Å². The van der Waals surface area contributed by atoms with Crippen LogP contribution in [0.5, 0.6) is 0 Å². The van der Waals surface area contributed by atoms with Crippen molar-refractivity contribution in [3.8, 4) is 0 Å². The van der Waals surface area contributed by atoms with Crippen molar-refractivity contribution in [1.29, 1.82) is 0 Å². The van der Waals surface area contributed by atoms with Gasteiger partial charge in [0.05, 0.1) is 17.1 Å². The summed E-state index contributed by atoms with van der Waals surface area (Å²) in [5.74, 6) is 0. The second-order valence-electron chi connectivity index (χ2n) is 4.93. The molecule has 4 nitrogen and oxygen atoms in total. The van der Waals surface area contributed by atoms with Crippen molar-refractivity contribution in [3.05, 3.63) is 53.3 Å². The van der Waals surface area contributed by atoms with Gasteiger partial charge in [-0.2, -0.15) is 0 Å². The summed E-state index contributed by atoms with van der Waals surface area (Å²) < 4.78 is 23.4. The van der Waals surface area contributed by atoms with Crippen molar-refractivity contribution >= 4 is 15.5 Å². The third-order valence-electron chi connectivity index (χ3n) is 3.03. The summed E-state index contributed by atoms with van der Waals surface area (Å²) in [5.41, 5.74) is 3.56. The van der Waals surface area contributed by atoms with E-state index in [1.54, 1.807) is 19.1 Å². The Hall–Kier alpha value is -1.88. The van der Waals surface area contributed by atoms with Gasteiger partial charge in [0.15, 0.2) is 9.84 Å². The van der Waals surface area contributed by atoms with Gasteiger partial charge in [0, 0.05) is 18.1 Å². The number of hydrogen-bond donors (Lipinski definition) is 1. The molecule has 0 bridgehead atoms. The number of pyridine rings is 1. The van der Waals surface area contributed by atoms with E-state index in [0.29, 0.717) is 11.4 Å². The standard InChI is InChI=1S/C15H18N2O2S/c1-11-4-6-14(16-9-11)10-17-13-7-5-12(2)15(8-13)20(3,18)19/h4-9,17H,10H2,1-3H3. The molecule has 1 aromatic heterocycles. The van der Waals surface area contributed by atoms with E-state index < -0.39 is 9.84 Å². The highest BCUT2D eigenvalue weighted by Crippen LogP contribution is 2.20. The first-order valence-corrected chi connectivity index (χ1v) is 8.21. The Labute approximate surface area is 119 Å². The molecule has 0 spiro atoms. The fourth-order valence-electron chi connectivity index (χ4n) is 1.91. The normalized spacial score (nSPS) is 11.3. The molecule has 0 fully saturated rings. The van der Waals surface area contributed by atoms with Crippen LogP contribution >= 0.6 is 0 Å². The largest absolute Gasteiger partial charge is 0.379 e. The van der Waals surface area contributed by atoms with Crippen molar-refractivity contribution in [2.75, 3.05) is 11.6 Å². The zero-order valence-corrected chi connectivity index (χ0v) is 12.7. The summed E-state index contributed by atoms with van der Waals surface area (Å²) in [6.45, 7) is 4.34. The first-order chi connectivity index (χ1) is 9.36. The van der Waals surface area contributed by atoms with Crippen LogP contribution in [0.4, 0.5) is 5.69 Å². The molecule has 106 valence electrons. The molecule has 2 aromatic rings. The van der Waals surface area contributed by atoms with Crippen molar-refractivity contribution < 1.29 is 8.42 Å². The van der Waals surface area contributed by atoms with Crippen LogP contribution in [0.15, 0.2) is 41.4 Å². The number of aromatic nitrogens is 1. The van der Waals surface area contributed by atoms with Gasteiger partial charge >= 0.3 is 0 Å². The minimum absolute atomic E-state index is 0.361. The third-order valence-corrected chi connectivity index (χ3v) is 4.27. The number of anilines is 1. The van der Waals surface area contributed by atoms with Gasteiger partial charge < -0.3 is 5.32 Å². The van der Waals surface area contributed by atoms with Crippen molar-refractivity contribution in [2.24, 2.45) is 0 Å². The highest BCUT2D eigenvalue weighted by Gasteiger charge is 2.11. The molecular weight excluding hydrogens is 272 g/mol. The molecule has 0 aliphatic carbocycles. The highest BCUT2D eigenvalue weighted by atomic mass is 32.2. The number of benzene rings is 1. The van der Waals surface area contributed by atoms with E-state index in [4.69, 9.17) is 0 Å². The molecule has 0 aliphatic rings. The van der Waals surface area contributed by atoms with E-state index in [0.717, 1.165) is 22.5 Å². The molecule has 2 rings (SSSR count). The first-order valence-electron chi connectivity index (χ1n) is 6.32. The summed E-state index contributed by atoms with van der Waals surface area (Å²) in [6.07, 6.45) is 3.04. The number of hydrogen-bond acceptors (Lipinski definition) is 4. The number of sulfone groups is 1. The molecule has 1 aromatic carbocycles. The van der Waals surface area contributed by atoms with Gasteiger partial charge in [-0.1, -0.05) is 12.1 Å². The summed E-state index contributed by atoms with van der Waals surface area (Å²) in [5, 5.41) is 3.19. The third kappa shape index (κ3) is 3.57. The molecule has 0 atom stereocenters. The second kappa shape index (κ2) is 5.63. The summed E-state index contributed by atoms with van der Waals surface area (Å²) in [6, 6.07) is 9.30. The predicted molar refractivity (Wildman–Crippen MR) is 80.6 cm³/mol. The van der Waals surface area contributed by atoms with E-state index in [-0.39, 0.29) is 0 Å². The topological polar surface area (TPSA) is 59.1 Å². The fraction of sp³-hybridized carbons (Fsp3) is 0.267. The van der Waals surface area contributed by atoms with Gasteiger partial charge in [-0.05, 0) is 43.2 Å². The second-order valence-corrected chi connectivity index (χ2v) is 6.92. The lowest BCUT2D eigenvalue weighted by Crippen LogP contribution is -2.04. The van der Waals surface area contributed by atoms with Crippen LogP contribution in [-0.2, 0) is 16.4 Å². The Morgan fingerprint density at radius 3 is 2.50 bits per heavy atom. The Bertz CT molecular complexity index is 707. The van der Waals surface area contributed by atoms with Gasteiger partial charge in [-0.15, -0.1) is 0 Å². The number of nitrogens with zero attached hydrogens (tertiary/aromatic N) is 1. The van der Waals surface area contributed by atoms with Crippen molar-refractivity contribution in [3.63, 3.8) is 0 Å². The minimum atomic E-state index is -3.20. The smallest absolute Gasteiger partial charge is 0.175 e. The van der Waals surface area contributed by atoms with Crippen LogP contribution < -0.4 is 5.32 Å². The average molecular weight is 290 g/mol. The Kier molecular flexibility index (Phi) is 4.09. The molecule has 1 heterocycles. The van der Waals surface area contributed by atoms with E-state index in [1.165, 1.54) is 6.26 Å². The quantitative estimate of drug-likeness (QED) is 0.940. The summed E-state index contributed by atoms with van der Waals surface area (Å²) >= 11 is 0. The molecule has 0 aliphatic heterocycles. The molecule has 0 radical (unpaired) electrons. The van der Waals surface area contributed by atoms with Crippen LogP contribution in [0.1, 0.15) is 16.8 Å². The summed E-state index contributed by atoms with van der Waals surface area (Å²) in [4.78, 5) is 4.66. The minimum Gasteiger partial charge on any atom is -0.379 e. The van der Waals surface area contributed by atoms with E-state index in [9.17, 15) is 8.42 Å². The number of nitrogens with one attached hydrogen (secondary N) is 1. The zero-order valence-electron chi connectivity index (χ0n) is 11.8. The predicted octanol–water partition coefficient (Wildman–Crippen LogP) is 2.71. The maximum absolute atomic E-state index is 11.7. The van der Waals surface area contributed by atoms with Crippen LogP contribution in [-0.4, -0.2) is 19.7 Å². The zero-order chi connectivity index (χ0) is 14.8. The van der Waals surface area contributed by atoms with Gasteiger partial charge in [-0.3, -0.25) is 4.98 Å². The van der Waals surface area contributed by atoms with Gasteiger partial charge in [0.25, 0.3) is 0 Å². The molecule has 5 heteroatoms. The average Bonchev–Trinajstić information content (AvgIpc) is 2.38. The fourth-order valence-corrected chi connectivity index (χ4v) is 2.90. The van der Waals surface area contributed by atoms with Crippen LogP contribution in [0.3, 0.4) is 0 Å². The van der Waals surface area contributed by atoms with Gasteiger partial charge in [-0.25, -0.2) is 8.42 Å². The lowest BCUT2D eigenvalue weighted by molar-refractivity contribution is 0.601. The maximum atomic E-state index is 11.7. The highest BCUT2D eigenvalue weighted by molar-refractivity contribution is 7.90. The monoisotopic (exact) mass is 290 g/mol. The lowest BCUT2D eigenvalue weighted by Gasteiger charge is -2.09. The van der Waals surface area contributed by atoms with Gasteiger partial charge in [0.2, 0.25) is 0 Å². The van der Waals surface area contributed by atoms with Crippen LogP contribution in [0.2, 0.25) is 0 Å². The SMILES string of the molecule is Cc1ccc(CNc2ccc(C)c(S(C)(=O)=O)c2)nc1. The van der Waals surface area contributed by atoms with Crippen LogP contribution in [0, 0.1) is 13.8 Å². The lowest BCUT2D eigenvalue weighted by atomic mass is 10.2. The molecule has 0 saturated heterocycles. The Balaban J connectivity index is 2.16. The number of aryl methyl sites for hydroxylation is 2. The Morgan fingerprint density at radius 2 is 1.90 bits per heavy atom. The summed E-state index contributed by atoms with van der Waals surface area (Å²) in [7, 11) is -3.20. The molecule has 1 N–H and O–H groups in total. The van der Waals surface area contributed by atoms with E-state index >= 15 is 0 Å². The van der Waals surface area contributed by atoms with E-state index in [1.807, 2.05) is 31.3 Å². The molecule has 0 amide bonds. The maximum Gasteiger partial charge on any atom is 0.175 e. The molecule has 0 unspecified atom stereocenters. The van der Waals surface area contributed by atoms with Crippen molar-refractivity contribution in [1.82, 2.24) is 4.98 Å². The first kappa shape index (κ1) is 14.5. The molecular formula is C15H18N2O2S. The number of rotatable bonds is 4. The van der Waals surface area contributed by atoms with Crippen molar-refractivity contribution in [2.45, 2.75) is 25.3 Å². The van der Waals surface area contributed by atoms with Gasteiger partial charge in [0.1, 0.15) is 0 Å². The van der Waals surface area contributed by atoms with E-state index in [2.05, 4.69) is 10.3 Å². The molecule has 0 saturated carbocycles. The Morgan fingerprint density at radius 1 is 1.15 bits per heavy atom. The molecule has 20 heavy (non-hydrogen) atoms.